The molecule has 0 saturated heterocycles. The van der Waals surface area contributed by atoms with E-state index in [-0.39, 0.29) is 0 Å². The van der Waals surface area contributed by atoms with Gasteiger partial charge in [-0.15, -0.1) is 0 Å². The van der Waals surface area contributed by atoms with Crippen LogP contribution in [-0.2, 0) is 0 Å². The predicted octanol–water partition coefficient (Wildman–Crippen LogP) is 3.59. The minimum absolute atomic E-state index is 0.872. The number of hydrogen-bond acceptors (Lipinski definition) is 2. The Bertz CT molecular complexity index is 367. The summed E-state index contributed by atoms with van der Waals surface area (Å²) in [4.78, 5) is 2.35. The average molecular weight is 232 g/mol. The summed E-state index contributed by atoms with van der Waals surface area (Å²) in [6.07, 6.45) is 7.04. The highest BCUT2D eigenvalue weighted by molar-refractivity contribution is 5.59. The summed E-state index contributed by atoms with van der Waals surface area (Å²) < 4.78 is 0. The lowest BCUT2D eigenvalue weighted by Crippen LogP contribution is -2.26. The zero-order chi connectivity index (χ0) is 12.3. The second-order valence-electron chi connectivity index (χ2n) is 5.43. The van der Waals surface area contributed by atoms with Crippen molar-refractivity contribution in [2.24, 2.45) is 5.92 Å². The summed E-state index contributed by atoms with van der Waals surface area (Å²) in [5, 5.41) is 0. The number of hydrogen-bond donors (Lipinski definition) is 1. The van der Waals surface area contributed by atoms with Crippen molar-refractivity contribution >= 4 is 11.4 Å². The maximum atomic E-state index is 5.96. The molecule has 0 bridgehead atoms. The van der Waals surface area contributed by atoms with E-state index in [1.165, 1.54) is 49.9 Å². The molecule has 1 aliphatic carbocycles. The van der Waals surface area contributed by atoms with Crippen molar-refractivity contribution in [1.29, 1.82) is 0 Å². The summed E-state index contributed by atoms with van der Waals surface area (Å²) in [7, 11) is 2.18. The topological polar surface area (TPSA) is 29.3 Å². The molecule has 0 atom stereocenters. The number of benzene rings is 1. The number of nitrogens with two attached hydrogens (primary N) is 1. The molecule has 1 aromatic carbocycles. The third-order valence-corrected chi connectivity index (χ3v) is 3.96. The summed E-state index contributed by atoms with van der Waals surface area (Å²) in [6.45, 7) is 3.22. The number of aryl methyl sites for hydroxylation is 1. The molecule has 2 heteroatoms. The molecule has 1 fully saturated rings. The van der Waals surface area contributed by atoms with Gasteiger partial charge in [0, 0.05) is 25.0 Å². The van der Waals surface area contributed by atoms with Crippen LogP contribution in [0.25, 0.3) is 0 Å². The third-order valence-electron chi connectivity index (χ3n) is 3.96. The van der Waals surface area contributed by atoms with Crippen LogP contribution in [0.2, 0.25) is 0 Å². The zero-order valence-corrected chi connectivity index (χ0v) is 11.1. The zero-order valence-electron chi connectivity index (χ0n) is 11.1. The Balaban J connectivity index is 1.98. The fraction of sp³-hybridized carbons (Fsp3) is 0.600. The van der Waals surface area contributed by atoms with Gasteiger partial charge in [0.15, 0.2) is 0 Å². The number of anilines is 2. The highest BCUT2D eigenvalue weighted by Gasteiger charge is 2.15. The smallest absolute Gasteiger partial charge is 0.0384 e. The molecule has 17 heavy (non-hydrogen) atoms. The number of nitrogen functional groups attached to an aromatic ring is 1. The third kappa shape index (κ3) is 3.15. The van der Waals surface area contributed by atoms with Crippen molar-refractivity contribution in [3.8, 4) is 0 Å². The normalized spacial score (nSPS) is 17.1. The number of nitrogens with zero attached hydrogens (tertiary/aromatic N) is 1. The molecule has 2 rings (SSSR count). The molecule has 0 amide bonds. The van der Waals surface area contributed by atoms with Gasteiger partial charge in [-0.25, -0.2) is 0 Å². The van der Waals surface area contributed by atoms with Crippen molar-refractivity contribution in [2.75, 3.05) is 24.2 Å². The summed E-state index contributed by atoms with van der Waals surface area (Å²) in [5.41, 5.74) is 9.28. The molecule has 0 spiro atoms. The van der Waals surface area contributed by atoms with Gasteiger partial charge in [0.1, 0.15) is 0 Å². The molecule has 1 aromatic rings. The molecule has 2 nitrogen and oxygen atoms in total. The predicted molar refractivity (Wildman–Crippen MR) is 75.4 cm³/mol. The molecular formula is C15H24N2. The molecule has 0 heterocycles. The first-order valence-electron chi connectivity index (χ1n) is 6.74. The molecule has 2 N–H and O–H groups in total. The minimum Gasteiger partial charge on any atom is -0.398 e. The van der Waals surface area contributed by atoms with Gasteiger partial charge in [0.25, 0.3) is 0 Å². The SMILES string of the molecule is Cc1ccc(N(C)CC2CCCCC2)cc1N. The van der Waals surface area contributed by atoms with E-state index in [9.17, 15) is 0 Å². The highest BCUT2D eigenvalue weighted by Crippen LogP contribution is 2.27. The molecule has 0 aliphatic heterocycles. The molecular weight excluding hydrogens is 208 g/mol. The van der Waals surface area contributed by atoms with Gasteiger partial charge in [0.2, 0.25) is 0 Å². The number of rotatable bonds is 3. The van der Waals surface area contributed by atoms with Gasteiger partial charge in [0.05, 0.1) is 0 Å². The van der Waals surface area contributed by atoms with E-state index in [2.05, 4.69) is 37.1 Å². The van der Waals surface area contributed by atoms with Crippen LogP contribution in [-0.4, -0.2) is 13.6 Å². The first kappa shape index (κ1) is 12.3. The monoisotopic (exact) mass is 232 g/mol. The van der Waals surface area contributed by atoms with Gasteiger partial charge in [-0.3, -0.25) is 0 Å². The van der Waals surface area contributed by atoms with E-state index in [1.54, 1.807) is 0 Å². The van der Waals surface area contributed by atoms with E-state index in [0.29, 0.717) is 0 Å². The van der Waals surface area contributed by atoms with E-state index in [4.69, 9.17) is 5.73 Å². The van der Waals surface area contributed by atoms with E-state index in [0.717, 1.165) is 11.6 Å². The Morgan fingerprint density at radius 3 is 2.59 bits per heavy atom. The standard InChI is InChI=1S/C15H24N2/c1-12-8-9-14(10-15(12)16)17(2)11-13-6-4-3-5-7-13/h8-10,13H,3-7,11,16H2,1-2H3. The van der Waals surface area contributed by atoms with Crippen molar-refractivity contribution in [2.45, 2.75) is 39.0 Å². The van der Waals surface area contributed by atoms with Crippen LogP contribution >= 0.6 is 0 Å². The fourth-order valence-corrected chi connectivity index (χ4v) is 2.73. The van der Waals surface area contributed by atoms with Crippen LogP contribution in [0.4, 0.5) is 11.4 Å². The van der Waals surface area contributed by atoms with Gasteiger partial charge in [-0.05, 0) is 43.4 Å². The summed E-state index contributed by atoms with van der Waals surface area (Å²) in [6, 6.07) is 6.38. The van der Waals surface area contributed by atoms with Gasteiger partial charge in [-0.1, -0.05) is 25.3 Å². The Kier molecular flexibility index (Phi) is 3.93. The maximum Gasteiger partial charge on any atom is 0.0384 e. The van der Waals surface area contributed by atoms with Crippen LogP contribution in [0.15, 0.2) is 18.2 Å². The quantitative estimate of drug-likeness (QED) is 0.807. The largest absolute Gasteiger partial charge is 0.398 e. The first-order chi connectivity index (χ1) is 8.16. The molecule has 1 aliphatic rings. The first-order valence-corrected chi connectivity index (χ1v) is 6.74. The van der Waals surface area contributed by atoms with Crippen LogP contribution in [0.1, 0.15) is 37.7 Å². The molecule has 1 saturated carbocycles. The lowest BCUT2D eigenvalue weighted by molar-refractivity contribution is 0.362. The van der Waals surface area contributed by atoms with Crippen molar-refractivity contribution in [1.82, 2.24) is 0 Å². The van der Waals surface area contributed by atoms with Crippen LogP contribution in [0.5, 0.6) is 0 Å². The van der Waals surface area contributed by atoms with Gasteiger partial charge in [-0.2, -0.15) is 0 Å². The molecule has 0 unspecified atom stereocenters. The van der Waals surface area contributed by atoms with Crippen molar-refractivity contribution in [3.05, 3.63) is 23.8 Å². The van der Waals surface area contributed by atoms with Crippen molar-refractivity contribution in [3.63, 3.8) is 0 Å². The molecule has 0 aromatic heterocycles. The maximum absolute atomic E-state index is 5.96. The Labute approximate surface area is 105 Å². The summed E-state index contributed by atoms with van der Waals surface area (Å²) >= 11 is 0. The fourth-order valence-electron chi connectivity index (χ4n) is 2.73. The van der Waals surface area contributed by atoms with E-state index >= 15 is 0 Å². The van der Waals surface area contributed by atoms with Gasteiger partial charge < -0.3 is 10.6 Å². The minimum atomic E-state index is 0.872. The molecule has 0 radical (unpaired) electrons. The van der Waals surface area contributed by atoms with Gasteiger partial charge >= 0.3 is 0 Å². The van der Waals surface area contributed by atoms with Crippen LogP contribution < -0.4 is 10.6 Å². The van der Waals surface area contributed by atoms with E-state index < -0.39 is 0 Å². The average Bonchev–Trinajstić information content (AvgIpc) is 2.34. The highest BCUT2D eigenvalue weighted by atomic mass is 15.1. The lowest BCUT2D eigenvalue weighted by Gasteiger charge is -2.28. The molecule has 94 valence electrons. The lowest BCUT2D eigenvalue weighted by atomic mass is 9.89. The Morgan fingerprint density at radius 1 is 1.24 bits per heavy atom. The Morgan fingerprint density at radius 2 is 1.94 bits per heavy atom. The second-order valence-corrected chi connectivity index (χ2v) is 5.43. The van der Waals surface area contributed by atoms with Crippen LogP contribution in [0.3, 0.4) is 0 Å². The van der Waals surface area contributed by atoms with Crippen molar-refractivity contribution < 1.29 is 0 Å². The Hall–Kier alpha value is -1.18. The van der Waals surface area contributed by atoms with Crippen LogP contribution in [0, 0.1) is 12.8 Å². The second kappa shape index (κ2) is 5.44. The van der Waals surface area contributed by atoms with E-state index in [1.807, 2.05) is 0 Å². The summed E-state index contributed by atoms with van der Waals surface area (Å²) in [5.74, 6) is 0.872.